The number of aryl methyl sites for hydroxylation is 1. The average molecular weight is 221 g/mol. The predicted octanol–water partition coefficient (Wildman–Crippen LogP) is 1.72. The van der Waals surface area contributed by atoms with Gasteiger partial charge in [0.15, 0.2) is 0 Å². The van der Waals surface area contributed by atoms with Crippen molar-refractivity contribution in [1.82, 2.24) is 10.3 Å². The molecule has 0 bridgehead atoms. The Morgan fingerprint density at radius 2 is 2.12 bits per heavy atom. The van der Waals surface area contributed by atoms with Crippen molar-refractivity contribution in [1.29, 1.82) is 0 Å². The summed E-state index contributed by atoms with van der Waals surface area (Å²) >= 11 is 0. The third kappa shape index (κ3) is 4.40. The van der Waals surface area contributed by atoms with Crippen LogP contribution in [-0.2, 0) is 4.79 Å². The minimum absolute atomic E-state index is 0.0500. The molecule has 16 heavy (non-hydrogen) atoms. The van der Waals surface area contributed by atoms with Gasteiger partial charge in [-0.1, -0.05) is 0 Å². The molecule has 0 aliphatic heterocycles. The van der Waals surface area contributed by atoms with Crippen LogP contribution in [0.4, 0.5) is 5.69 Å². The molecule has 1 aromatic rings. The van der Waals surface area contributed by atoms with E-state index in [0.717, 1.165) is 11.3 Å². The zero-order chi connectivity index (χ0) is 12.2. The smallest absolute Gasteiger partial charge is 0.238 e. The number of nitrogens with one attached hydrogen (secondary N) is 2. The molecule has 1 heterocycles. The Labute approximate surface area is 96.5 Å². The highest BCUT2D eigenvalue weighted by Gasteiger charge is 2.11. The summed E-state index contributed by atoms with van der Waals surface area (Å²) in [7, 11) is 0. The lowest BCUT2D eigenvalue weighted by Gasteiger charge is -2.20. The summed E-state index contributed by atoms with van der Waals surface area (Å²) in [6.45, 7) is 8.31. The molecule has 0 aliphatic carbocycles. The zero-order valence-electron chi connectivity index (χ0n) is 10.3. The number of aromatic nitrogens is 1. The van der Waals surface area contributed by atoms with Crippen LogP contribution in [0.1, 0.15) is 26.3 Å². The highest BCUT2D eigenvalue weighted by Crippen LogP contribution is 2.10. The molecule has 4 heteroatoms. The van der Waals surface area contributed by atoms with Gasteiger partial charge in [0, 0.05) is 11.7 Å². The predicted molar refractivity (Wildman–Crippen MR) is 65.4 cm³/mol. The largest absolute Gasteiger partial charge is 0.323 e. The van der Waals surface area contributed by atoms with Gasteiger partial charge in [0.1, 0.15) is 0 Å². The molecular formula is C12H19N3O. The monoisotopic (exact) mass is 221 g/mol. The quantitative estimate of drug-likeness (QED) is 0.817. The number of anilines is 1. The Kier molecular flexibility index (Phi) is 4.01. The van der Waals surface area contributed by atoms with Gasteiger partial charge in [-0.25, -0.2) is 0 Å². The third-order valence-electron chi connectivity index (χ3n) is 2.09. The molecule has 0 spiro atoms. The van der Waals surface area contributed by atoms with E-state index in [1.165, 1.54) is 0 Å². The van der Waals surface area contributed by atoms with E-state index in [0.29, 0.717) is 6.54 Å². The summed E-state index contributed by atoms with van der Waals surface area (Å²) in [6.07, 6.45) is 3.36. The minimum Gasteiger partial charge on any atom is -0.323 e. The summed E-state index contributed by atoms with van der Waals surface area (Å²) in [4.78, 5) is 15.6. The van der Waals surface area contributed by atoms with Gasteiger partial charge in [-0.2, -0.15) is 0 Å². The standard InChI is InChI=1S/C12H19N3O/c1-9-5-6-13-7-10(9)15-11(16)8-14-12(2,3)4/h5-7,14H,8H2,1-4H3,(H,15,16). The molecular weight excluding hydrogens is 202 g/mol. The van der Waals surface area contributed by atoms with E-state index >= 15 is 0 Å². The average Bonchev–Trinajstić information content (AvgIpc) is 2.18. The van der Waals surface area contributed by atoms with Crippen molar-refractivity contribution < 1.29 is 4.79 Å². The normalized spacial score (nSPS) is 11.2. The molecule has 0 aliphatic rings. The molecule has 0 radical (unpaired) electrons. The zero-order valence-corrected chi connectivity index (χ0v) is 10.3. The number of hydrogen-bond acceptors (Lipinski definition) is 3. The first kappa shape index (κ1) is 12.6. The summed E-state index contributed by atoms with van der Waals surface area (Å²) in [5.74, 6) is -0.0500. The SMILES string of the molecule is Cc1ccncc1NC(=O)CNC(C)(C)C. The molecule has 4 nitrogen and oxygen atoms in total. The van der Waals surface area contributed by atoms with E-state index in [4.69, 9.17) is 0 Å². The van der Waals surface area contributed by atoms with Gasteiger partial charge in [-0.15, -0.1) is 0 Å². The van der Waals surface area contributed by atoms with Gasteiger partial charge in [0.05, 0.1) is 18.4 Å². The molecule has 0 saturated heterocycles. The molecule has 88 valence electrons. The second-order valence-corrected chi connectivity index (χ2v) is 4.84. The minimum atomic E-state index is -0.0542. The maximum Gasteiger partial charge on any atom is 0.238 e. The summed E-state index contributed by atoms with van der Waals surface area (Å²) < 4.78 is 0. The number of hydrogen-bond donors (Lipinski definition) is 2. The Morgan fingerprint density at radius 1 is 1.44 bits per heavy atom. The van der Waals surface area contributed by atoms with E-state index in [1.54, 1.807) is 12.4 Å². The molecule has 0 aromatic carbocycles. The number of pyridine rings is 1. The molecule has 1 amide bonds. The van der Waals surface area contributed by atoms with Crippen LogP contribution in [0, 0.1) is 6.92 Å². The van der Waals surface area contributed by atoms with Crippen molar-refractivity contribution >= 4 is 11.6 Å². The van der Waals surface area contributed by atoms with Crippen molar-refractivity contribution in [3.63, 3.8) is 0 Å². The number of carbonyl (C=O) groups is 1. The second-order valence-electron chi connectivity index (χ2n) is 4.84. The van der Waals surface area contributed by atoms with Crippen LogP contribution in [0.3, 0.4) is 0 Å². The first-order valence-corrected chi connectivity index (χ1v) is 5.34. The summed E-state index contributed by atoms with van der Waals surface area (Å²) in [6, 6.07) is 1.87. The van der Waals surface area contributed by atoms with Gasteiger partial charge < -0.3 is 10.6 Å². The molecule has 0 fully saturated rings. The fourth-order valence-corrected chi connectivity index (χ4v) is 1.13. The third-order valence-corrected chi connectivity index (χ3v) is 2.09. The van der Waals surface area contributed by atoms with Crippen molar-refractivity contribution in [3.8, 4) is 0 Å². The van der Waals surface area contributed by atoms with Gasteiger partial charge in [0.2, 0.25) is 5.91 Å². The summed E-state index contributed by atoms with van der Waals surface area (Å²) in [5, 5.41) is 5.95. The summed E-state index contributed by atoms with van der Waals surface area (Å²) in [5.41, 5.74) is 1.73. The van der Waals surface area contributed by atoms with Gasteiger partial charge in [-0.3, -0.25) is 9.78 Å². The number of carbonyl (C=O) groups excluding carboxylic acids is 1. The first-order valence-electron chi connectivity index (χ1n) is 5.34. The van der Waals surface area contributed by atoms with Crippen LogP contribution in [0.25, 0.3) is 0 Å². The van der Waals surface area contributed by atoms with Crippen molar-refractivity contribution in [2.45, 2.75) is 33.2 Å². The first-order chi connectivity index (χ1) is 7.38. The van der Waals surface area contributed by atoms with E-state index in [-0.39, 0.29) is 11.4 Å². The van der Waals surface area contributed by atoms with Crippen LogP contribution in [-0.4, -0.2) is 23.0 Å². The lowest BCUT2D eigenvalue weighted by molar-refractivity contribution is -0.115. The number of nitrogens with zero attached hydrogens (tertiary/aromatic N) is 1. The van der Waals surface area contributed by atoms with Crippen LogP contribution < -0.4 is 10.6 Å². The maximum atomic E-state index is 11.6. The topological polar surface area (TPSA) is 54.0 Å². The van der Waals surface area contributed by atoms with E-state index < -0.39 is 0 Å². The Morgan fingerprint density at radius 3 is 2.69 bits per heavy atom. The van der Waals surface area contributed by atoms with Crippen LogP contribution >= 0.6 is 0 Å². The Balaban J connectivity index is 2.50. The molecule has 0 atom stereocenters. The second kappa shape index (κ2) is 5.07. The highest BCUT2D eigenvalue weighted by atomic mass is 16.1. The van der Waals surface area contributed by atoms with Gasteiger partial charge >= 0.3 is 0 Å². The lowest BCUT2D eigenvalue weighted by atomic mass is 10.1. The molecule has 0 saturated carbocycles. The van der Waals surface area contributed by atoms with Crippen LogP contribution in [0.2, 0.25) is 0 Å². The van der Waals surface area contributed by atoms with Crippen molar-refractivity contribution in [2.24, 2.45) is 0 Å². The maximum absolute atomic E-state index is 11.6. The van der Waals surface area contributed by atoms with E-state index in [9.17, 15) is 4.79 Å². The van der Waals surface area contributed by atoms with Crippen molar-refractivity contribution in [2.75, 3.05) is 11.9 Å². The molecule has 2 N–H and O–H groups in total. The highest BCUT2D eigenvalue weighted by molar-refractivity contribution is 5.92. The van der Waals surface area contributed by atoms with Crippen LogP contribution in [0.5, 0.6) is 0 Å². The van der Waals surface area contributed by atoms with Crippen molar-refractivity contribution in [3.05, 3.63) is 24.0 Å². The van der Waals surface area contributed by atoms with E-state index in [1.807, 2.05) is 33.8 Å². The molecule has 0 unspecified atom stereocenters. The fraction of sp³-hybridized carbons (Fsp3) is 0.500. The number of rotatable bonds is 3. The fourth-order valence-electron chi connectivity index (χ4n) is 1.13. The Bertz CT molecular complexity index is 369. The molecule has 1 rings (SSSR count). The number of amides is 1. The molecule has 1 aromatic heterocycles. The van der Waals surface area contributed by atoms with Crippen LogP contribution in [0.15, 0.2) is 18.5 Å². The lowest BCUT2D eigenvalue weighted by Crippen LogP contribution is -2.41. The van der Waals surface area contributed by atoms with Gasteiger partial charge in [0.25, 0.3) is 0 Å². The Hall–Kier alpha value is -1.42. The van der Waals surface area contributed by atoms with Gasteiger partial charge in [-0.05, 0) is 39.3 Å². The van der Waals surface area contributed by atoms with E-state index in [2.05, 4.69) is 15.6 Å².